The minimum Gasteiger partial charge on any atom is -0.467 e. The van der Waals surface area contributed by atoms with Gasteiger partial charge in [-0.15, -0.1) is 0 Å². The minimum atomic E-state index is -0.997. The normalized spacial score (nSPS) is 11.7. The molecule has 1 N–H and O–H groups in total. The van der Waals surface area contributed by atoms with E-state index in [0.717, 1.165) is 4.57 Å². The van der Waals surface area contributed by atoms with Gasteiger partial charge in [-0.1, -0.05) is 53.5 Å². The van der Waals surface area contributed by atoms with Gasteiger partial charge in [-0.25, -0.2) is 9.59 Å². The first-order valence-electron chi connectivity index (χ1n) is 10.3. The molecule has 1 amide bonds. The Labute approximate surface area is 205 Å². The summed E-state index contributed by atoms with van der Waals surface area (Å²) in [6, 6.07) is 10.6. The number of hydrogen-bond acceptors (Lipinski definition) is 5. The second-order valence-corrected chi connectivity index (χ2v) is 8.53. The van der Waals surface area contributed by atoms with Crippen LogP contribution in [0.3, 0.4) is 0 Å². The fourth-order valence-electron chi connectivity index (χ4n) is 3.60. The van der Waals surface area contributed by atoms with Crippen LogP contribution in [0.5, 0.6) is 0 Å². The van der Waals surface area contributed by atoms with E-state index in [1.54, 1.807) is 44.3 Å². The first-order chi connectivity index (χ1) is 16.1. The molecule has 3 rings (SSSR count). The number of benzene rings is 2. The molecular formula is C24H23Cl2N3O5. The second-order valence-electron chi connectivity index (χ2n) is 7.71. The molecule has 1 atom stereocenters. The molecular weight excluding hydrogens is 481 g/mol. The van der Waals surface area contributed by atoms with Gasteiger partial charge in [-0.05, 0) is 30.2 Å². The summed E-state index contributed by atoms with van der Waals surface area (Å²) < 4.78 is 7.31. The smallest absolute Gasteiger partial charge is 0.330 e. The van der Waals surface area contributed by atoms with Crippen molar-refractivity contribution in [1.82, 2.24) is 14.5 Å². The highest BCUT2D eigenvalue weighted by molar-refractivity contribution is 6.39. The molecule has 2 aromatic carbocycles. The van der Waals surface area contributed by atoms with Crippen molar-refractivity contribution in [2.45, 2.75) is 19.4 Å². The summed E-state index contributed by atoms with van der Waals surface area (Å²) in [5.41, 5.74) is 1.54. The molecule has 0 fully saturated rings. The summed E-state index contributed by atoms with van der Waals surface area (Å²) in [5, 5.41) is 2.94. The molecule has 8 nitrogen and oxygen atoms in total. The lowest BCUT2D eigenvalue weighted by molar-refractivity contribution is -0.142. The number of halogens is 2. The maximum Gasteiger partial charge on any atom is 0.330 e. The number of hydrogen-bond donors (Lipinski definition) is 1. The number of aromatic nitrogens is 2. The molecule has 0 saturated heterocycles. The van der Waals surface area contributed by atoms with E-state index < -0.39 is 29.2 Å². The average molecular weight is 504 g/mol. The van der Waals surface area contributed by atoms with Crippen LogP contribution in [-0.2, 0) is 30.0 Å². The fourth-order valence-corrected chi connectivity index (χ4v) is 4.17. The summed E-state index contributed by atoms with van der Waals surface area (Å²) >= 11 is 12.2. The van der Waals surface area contributed by atoms with Crippen LogP contribution >= 0.6 is 23.2 Å². The maximum atomic E-state index is 12.8. The van der Waals surface area contributed by atoms with Crippen molar-refractivity contribution in [3.05, 3.63) is 90.2 Å². The van der Waals surface area contributed by atoms with Gasteiger partial charge in [-0.2, -0.15) is 0 Å². The predicted molar refractivity (Wildman–Crippen MR) is 131 cm³/mol. The van der Waals surface area contributed by atoms with E-state index in [4.69, 9.17) is 27.9 Å². The van der Waals surface area contributed by atoms with Gasteiger partial charge in [0.25, 0.3) is 11.5 Å². The average Bonchev–Trinajstić information content (AvgIpc) is 2.81. The zero-order valence-corrected chi connectivity index (χ0v) is 20.5. The zero-order chi connectivity index (χ0) is 25.2. The number of ether oxygens (including phenoxy) is 1. The molecule has 3 aromatic rings. The van der Waals surface area contributed by atoms with E-state index in [0.29, 0.717) is 22.4 Å². The van der Waals surface area contributed by atoms with Crippen molar-refractivity contribution in [3.63, 3.8) is 0 Å². The third-order valence-electron chi connectivity index (χ3n) is 5.62. The van der Waals surface area contributed by atoms with Crippen LogP contribution in [0.25, 0.3) is 11.1 Å². The standard InChI is InChI=1S/C24H23Cl2N3O5/c1-13-19(22(31)29(3)24(33)28(13)2)15-10-8-14(9-11-15)12-18(23(32)34-4)27-21(30)20-16(25)6-5-7-17(20)26/h5-11,18H,12H2,1-4H3,(H,27,30). The van der Waals surface area contributed by atoms with E-state index in [9.17, 15) is 19.2 Å². The SMILES string of the molecule is COC(=O)C(Cc1ccc(-c2c(C)n(C)c(=O)n(C)c2=O)cc1)NC(=O)c1c(Cl)cccc1Cl. The monoisotopic (exact) mass is 503 g/mol. The van der Waals surface area contributed by atoms with Crippen LogP contribution < -0.4 is 16.6 Å². The summed E-state index contributed by atoms with van der Waals surface area (Å²) in [5.74, 6) is -1.24. The van der Waals surface area contributed by atoms with Crippen molar-refractivity contribution in [3.8, 4) is 11.1 Å². The highest BCUT2D eigenvalue weighted by atomic mass is 35.5. The number of carbonyl (C=O) groups is 2. The summed E-state index contributed by atoms with van der Waals surface area (Å²) in [4.78, 5) is 49.9. The van der Waals surface area contributed by atoms with Crippen LogP contribution in [0.1, 0.15) is 21.6 Å². The van der Waals surface area contributed by atoms with Gasteiger partial charge in [-0.3, -0.25) is 14.2 Å². The number of esters is 1. The van der Waals surface area contributed by atoms with E-state index >= 15 is 0 Å². The highest BCUT2D eigenvalue weighted by Gasteiger charge is 2.25. The summed E-state index contributed by atoms with van der Waals surface area (Å²) in [7, 11) is 4.26. The number of amides is 1. The predicted octanol–water partition coefficient (Wildman–Crippen LogP) is 2.88. The Kier molecular flexibility index (Phi) is 7.64. The second kappa shape index (κ2) is 10.3. The molecule has 0 saturated carbocycles. The molecule has 34 heavy (non-hydrogen) atoms. The molecule has 178 valence electrons. The topological polar surface area (TPSA) is 99.4 Å². The van der Waals surface area contributed by atoms with Crippen molar-refractivity contribution in [2.24, 2.45) is 14.1 Å². The lowest BCUT2D eigenvalue weighted by atomic mass is 10.00. The van der Waals surface area contributed by atoms with E-state index in [2.05, 4.69) is 5.32 Å². The Morgan fingerprint density at radius 3 is 2.15 bits per heavy atom. The van der Waals surface area contributed by atoms with Gasteiger partial charge in [0.2, 0.25) is 0 Å². The largest absolute Gasteiger partial charge is 0.467 e. The Hall–Kier alpha value is -3.36. The van der Waals surface area contributed by atoms with Gasteiger partial charge in [0.05, 0.1) is 28.3 Å². The Bertz CT molecular complexity index is 1360. The first-order valence-corrected chi connectivity index (χ1v) is 11.0. The van der Waals surface area contributed by atoms with Crippen LogP contribution in [-0.4, -0.2) is 34.2 Å². The van der Waals surface area contributed by atoms with E-state index in [1.165, 1.54) is 30.9 Å². The number of nitrogens with zero attached hydrogens (tertiary/aromatic N) is 2. The van der Waals surface area contributed by atoms with Crippen LogP contribution in [0, 0.1) is 6.92 Å². The lowest BCUT2D eigenvalue weighted by Gasteiger charge is -2.18. The highest BCUT2D eigenvalue weighted by Crippen LogP contribution is 2.24. The van der Waals surface area contributed by atoms with E-state index in [1.807, 2.05) is 0 Å². The molecule has 0 aliphatic rings. The molecule has 0 bridgehead atoms. The number of carbonyl (C=O) groups excluding carboxylic acids is 2. The lowest BCUT2D eigenvalue weighted by Crippen LogP contribution is -2.43. The van der Waals surface area contributed by atoms with Gasteiger partial charge < -0.3 is 14.6 Å². The van der Waals surface area contributed by atoms with Gasteiger partial charge in [0, 0.05) is 26.2 Å². The van der Waals surface area contributed by atoms with Crippen LogP contribution in [0.15, 0.2) is 52.1 Å². The van der Waals surface area contributed by atoms with Crippen molar-refractivity contribution < 1.29 is 14.3 Å². The molecule has 10 heteroatoms. The first kappa shape index (κ1) is 25.3. The Morgan fingerprint density at radius 1 is 1.00 bits per heavy atom. The summed E-state index contributed by atoms with van der Waals surface area (Å²) in [6.45, 7) is 1.70. The Morgan fingerprint density at radius 2 is 1.59 bits per heavy atom. The minimum absolute atomic E-state index is 0.0658. The quantitative estimate of drug-likeness (QED) is 0.521. The third-order valence-corrected chi connectivity index (χ3v) is 6.25. The molecule has 0 radical (unpaired) electrons. The molecule has 1 unspecified atom stereocenters. The Balaban J connectivity index is 1.89. The molecule has 0 spiro atoms. The maximum absolute atomic E-state index is 12.8. The van der Waals surface area contributed by atoms with Gasteiger partial charge in [0.1, 0.15) is 6.04 Å². The number of methoxy groups -OCH3 is 1. The number of nitrogens with one attached hydrogen (secondary N) is 1. The van der Waals surface area contributed by atoms with Crippen molar-refractivity contribution in [2.75, 3.05) is 7.11 Å². The molecule has 0 aliphatic carbocycles. The zero-order valence-electron chi connectivity index (χ0n) is 19.0. The van der Waals surface area contributed by atoms with Gasteiger partial charge in [0.15, 0.2) is 0 Å². The molecule has 1 heterocycles. The van der Waals surface area contributed by atoms with Crippen LogP contribution in [0.4, 0.5) is 0 Å². The van der Waals surface area contributed by atoms with Gasteiger partial charge >= 0.3 is 11.7 Å². The third kappa shape index (κ3) is 4.93. The fraction of sp³-hybridized carbons (Fsp3) is 0.250. The van der Waals surface area contributed by atoms with Crippen molar-refractivity contribution >= 4 is 35.1 Å². The van der Waals surface area contributed by atoms with Crippen LogP contribution in [0.2, 0.25) is 10.0 Å². The van der Waals surface area contributed by atoms with Crippen molar-refractivity contribution in [1.29, 1.82) is 0 Å². The van der Waals surface area contributed by atoms with E-state index in [-0.39, 0.29) is 22.0 Å². The molecule has 1 aromatic heterocycles. The summed E-state index contributed by atoms with van der Waals surface area (Å²) in [6.07, 6.45) is 0.130. The number of rotatable bonds is 6. The molecule has 0 aliphatic heterocycles.